The highest BCUT2D eigenvalue weighted by Crippen LogP contribution is 2.39. The Morgan fingerprint density at radius 1 is 1.20 bits per heavy atom. The van der Waals surface area contributed by atoms with Gasteiger partial charge >= 0.3 is 6.18 Å². The maximum Gasteiger partial charge on any atom is 0.391 e. The molecular formula is C5H9ClF3N. The van der Waals surface area contributed by atoms with Crippen LogP contribution in [-0.2, 0) is 0 Å². The van der Waals surface area contributed by atoms with Crippen LogP contribution in [0.3, 0.4) is 0 Å². The van der Waals surface area contributed by atoms with Crippen LogP contribution < -0.4 is 5.73 Å². The van der Waals surface area contributed by atoms with Crippen molar-refractivity contribution in [1.82, 2.24) is 0 Å². The lowest BCUT2D eigenvalue weighted by Crippen LogP contribution is -2.43. The molecule has 1 aliphatic carbocycles. The molecule has 1 nitrogen and oxygen atoms in total. The van der Waals surface area contributed by atoms with Gasteiger partial charge in [-0.2, -0.15) is 13.2 Å². The molecule has 0 aliphatic heterocycles. The number of rotatable bonds is 0. The highest BCUT2D eigenvalue weighted by atomic mass is 35.5. The maximum atomic E-state index is 11.6. The molecule has 0 aromatic rings. The normalized spacial score (nSPS) is 32.4. The van der Waals surface area contributed by atoms with Gasteiger partial charge in [0.05, 0.1) is 5.92 Å². The lowest BCUT2D eigenvalue weighted by molar-refractivity contribution is -0.196. The molecule has 62 valence electrons. The van der Waals surface area contributed by atoms with Gasteiger partial charge < -0.3 is 5.73 Å². The highest BCUT2D eigenvalue weighted by molar-refractivity contribution is 5.85. The summed E-state index contributed by atoms with van der Waals surface area (Å²) in [6.45, 7) is 0. The second-order valence-electron chi connectivity index (χ2n) is 2.47. The van der Waals surface area contributed by atoms with Crippen molar-refractivity contribution in [3.8, 4) is 0 Å². The molecule has 0 spiro atoms. The summed E-state index contributed by atoms with van der Waals surface area (Å²) >= 11 is 0. The summed E-state index contributed by atoms with van der Waals surface area (Å²) in [5.74, 6) is -1.12. The molecule has 1 fully saturated rings. The molecule has 0 atom stereocenters. The van der Waals surface area contributed by atoms with Crippen LogP contribution >= 0.6 is 12.4 Å². The smallest absolute Gasteiger partial charge is 0.328 e. The summed E-state index contributed by atoms with van der Waals surface area (Å²) < 4.78 is 34.9. The van der Waals surface area contributed by atoms with Gasteiger partial charge in [0.1, 0.15) is 0 Å². The first-order valence-electron chi connectivity index (χ1n) is 2.82. The van der Waals surface area contributed by atoms with Crippen molar-refractivity contribution in [2.75, 3.05) is 0 Å². The Bertz CT molecular complexity index is 108. The number of halogens is 4. The first-order chi connectivity index (χ1) is 4.00. The van der Waals surface area contributed by atoms with Crippen LogP contribution in [0, 0.1) is 5.92 Å². The summed E-state index contributed by atoms with van der Waals surface area (Å²) in [7, 11) is 0. The van der Waals surface area contributed by atoms with Gasteiger partial charge in [0.2, 0.25) is 0 Å². The van der Waals surface area contributed by atoms with E-state index in [0.29, 0.717) is 0 Å². The molecule has 0 heterocycles. The number of alkyl halides is 3. The fraction of sp³-hybridized carbons (Fsp3) is 1.00. The topological polar surface area (TPSA) is 26.0 Å². The molecule has 1 aliphatic rings. The van der Waals surface area contributed by atoms with E-state index in [-0.39, 0.29) is 31.3 Å². The van der Waals surface area contributed by atoms with Gasteiger partial charge in [0.15, 0.2) is 0 Å². The molecule has 2 N–H and O–H groups in total. The van der Waals surface area contributed by atoms with Crippen molar-refractivity contribution >= 4 is 12.4 Å². The molecule has 1 saturated carbocycles. The average Bonchev–Trinajstić information content (AvgIpc) is 1.55. The van der Waals surface area contributed by atoms with Crippen molar-refractivity contribution in [2.24, 2.45) is 11.7 Å². The highest BCUT2D eigenvalue weighted by Gasteiger charge is 2.46. The molecule has 0 aromatic carbocycles. The first-order valence-corrected chi connectivity index (χ1v) is 2.82. The van der Waals surface area contributed by atoms with E-state index in [2.05, 4.69) is 0 Å². The van der Waals surface area contributed by atoms with Crippen LogP contribution in [0.5, 0.6) is 0 Å². The Morgan fingerprint density at radius 2 is 1.60 bits per heavy atom. The van der Waals surface area contributed by atoms with Crippen LogP contribution in [0.15, 0.2) is 0 Å². The molecule has 5 heteroatoms. The molecule has 0 aromatic heterocycles. The molecule has 10 heavy (non-hydrogen) atoms. The zero-order valence-corrected chi connectivity index (χ0v) is 6.00. The molecule has 1 rings (SSSR count). The molecule has 0 unspecified atom stereocenters. The van der Waals surface area contributed by atoms with Gasteiger partial charge in [-0.25, -0.2) is 0 Å². The lowest BCUT2D eigenvalue weighted by atomic mass is 9.80. The fourth-order valence-corrected chi connectivity index (χ4v) is 0.929. The van der Waals surface area contributed by atoms with Gasteiger partial charge in [-0.15, -0.1) is 12.4 Å². The van der Waals surface area contributed by atoms with Gasteiger partial charge in [-0.1, -0.05) is 0 Å². The second-order valence-corrected chi connectivity index (χ2v) is 2.47. The Hall–Kier alpha value is 0.0400. The van der Waals surface area contributed by atoms with Gasteiger partial charge in [0.25, 0.3) is 0 Å². The van der Waals surface area contributed by atoms with Gasteiger partial charge in [-0.05, 0) is 12.8 Å². The molecular weight excluding hydrogens is 167 g/mol. The SMILES string of the molecule is Cl.NC1CC(C(F)(F)F)C1. The Labute approximate surface area is 63.2 Å². The van der Waals surface area contributed by atoms with Crippen LogP contribution in [0.25, 0.3) is 0 Å². The minimum atomic E-state index is -4.00. The van der Waals surface area contributed by atoms with Gasteiger partial charge in [-0.3, -0.25) is 0 Å². The summed E-state index contributed by atoms with van der Waals surface area (Å²) in [4.78, 5) is 0. The lowest BCUT2D eigenvalue weighted by Gasteiger charge is -2.33. The Balaban J connectivity index is 0.000000810. The first kappa shape index (κ1) is 10.0. The molecule has 0 radical (unpaired) electrons. The minimum absolute atomic E-state index is 0. The van der Waals surface area contributed by atoms with Crippen LogP contribution in [0.4, 0.5) is 13.2 Å². The monoisotopic (exact) mass is 175 g/mol. The van der Waals surface area contributed by atoms with Crippen molar-refractivity contribution in [3.05, 3.63) is 0 Å². The van der Waals surface area contributed by atoms with Crippen LogP contribution in [-0.4, -0.2) is 12.2 Å². The molecule has 0 saturated heterocycles. The quantitative estimate of drug-likeness (QED) is 0.596. The summed E-state index contributed by atoms with van der Waals surface area (Å²) in [6.07, 6.45) is -3.77. The summed E-state index contributed by atoms with van der Waals surface area (Å²) in [6, 6.07) is -0.211. The van der Waals surface area contributed by atoms with E-state index in [1.54, 1.807) is 0 Å². The third-order valence-corrected chi connectivity index (χ3v) is 1.64. The van der Waals surface area contributed by atoms with E-state index < -0.39 is 12.1 Å². The molecule has 0 amide bonds. The van der Waals surface area contributed by atoms with Crippen molar-refractivity contribution in [1.29, 1.82) is 0 Å². The van der Waals surface area contributed by atoms with Crippen molar-refractivity contribution < 1.29 is 13.2 Å². The van der Waals surface area contributed by atoms with Gasteiger partial charge in [0, 0.05) is 6.04 Å². The summed E-state index contributed by atoms with van der Waals surface area (Å²) in [5.41, 5.74) is 5.17. The minimum Gasteiger partial charge on any atom is -0.328 e. The van der Waals surface area contributed by atoms with Crippen LogP contribution in [0.1, 0.15) is 12.8 Å². The third-order valence-electron chi connectivity index (χ3n) is 1.64. The third kappa shape index (κ3) is 2.02. The summed E-state index contributed by atoms with van der Waals surface area (Å²) in [5, 5.41) is 0. The van der Waals surface area contributed by atoms with Crippen LogP contribution in [0.2, 0.25) is 0 Å². The van der Waals surface area contributed by atoms with E-state index in [1.807, 2.05) is 0 Å². The van der Waals surface area contributed by atoms with E-state index in [9.17, 15) is 13.2 Å². The Kier molecular flexibility index (Phi) is 2.98. The van der Waals surface area contributed by atoms with E-state index in [4.69, 9.17) is 5.73 Å². The average molecular weight is 176 g/mol. The largest absolute Gasteiger partial charge is 0.391 e. The second kappa shape index (κ2) is 2.96. The number of nitrogens with two attached hydrogens (primary N) is 1. The predicted molar refractivity (Wildman–Crippen MR) is 34.0 cm³/mol. The molecule has 0 bridgehead atoms. The zero-order chi connectivity index (χ0) is 7.07. The zero-order valence-electron chi connectivity index (χ0n) is 5.19. The van der Waals surface area contributed by atoms with E-state index >= 15 is 0 Å². The van der Waals surface area contributed by atoms with Crippen molar-refractivity contribution in [2.45, 2.75) is 25.1 Å². The van der Waals surface area contributed by atoms with Crippen molar-refractivity contribution in [3.63, 3.8) is 0 Å². The standard InChI is InChI=1S/C5H8F3N.ClH/c6-5(7,8)3-1-4(9)2-3;/h3-4H,1-2,9H2;1H. The number of hydrogen-bond acceptors (Lipinski definition) is 1. The van der Waals surface area contributed by atoms with E-state index in [1.165, 1.54) is 0 Å². The maximum absolute atomic E-state index is 11.6. The van der Waals surface area contributed by atoms with E-state index in [0.717, 1.165) is 0 Å². The number of hydrogen-bond donors (Lipinski definition) is 1. The predicted octanol–water partition coefficient (Wildman–Crippen LogP) is 1.71. The fourth-order valence-electron chi connectivity index (χ4n) is 0.929. The Morgan fingerprint density at radius 3 is 1.70 bits per heavy atom.